The van der Waals surface area contributed by atoms with Crippen LogP contribution >= 0.6 is 0 Å². The van der Waals surface area contributed by atoms with Gasteiger partial charge in [-0.05, 0) is 53.6 Å². The molecule has 0 aliphatic rings. The number of hydrogen-bond donors (Lipinski definition) is 3. The fourth-order valence-electron chi connectivity index (χ4n) is 2.51. The highest BCUT2D eigenvalue weighted by Crippen LogP contribution is 2.22. The van der Waals surface area contributed by atoms with Crippen molar-refractivity contribution in [1.29, 1.82) is 0 Å². The van der Waals surface area contributed by atoms with Gasteiger partial charge in [0, 0.05) is 16.8 Å². The first-order valence-corrected chi connectivity index (χ1v) is 7.78. The average molecular weight is 350 g/mol. The van der Waals surface area contributed by atoms with E-state index < -0.39 is 11.7 Å². The largest absolute Gasteiger partial charge is 0.322 e. The summed E-state index contributed by atoms with van der Waals surface area (Å²) in [6.07, 6.45) is 0. The van der Waals surface area contributed by atoms with Gasteiger partial charge in [-0.3, -0.25) is 14.8 Å². The molecule has 0 aliphatic heterocycles. The van der Waals surface area contributed by atoms with Crippen molar-refractivity contribution < 1.29 is 19.2 Å². The summed E-state index contributed by atoms with van der Waals surface area (Å²) < 4.78 is 13.2. The van der Waals surface area contributed by atoms with Crippen LogP contribution in [0, 0.1) is 5.82 Å². The minimum Gasteiger partial charge on any atom is -0.322 e. The number of anilines is 1. The van der Waals surface area contributed by atoms with Crippen LogP contribution in [0.1, 0.15) is 20.7 Å². The normalized spacial score (nSPS) is 10.2. The van der Waals surface area contributed by atoms with Crippen LogP contribution in [0.2, 0.25) is 0 Å². The Morgan fingerprint density at radius 3 is 1.92 bits per heavy atom. The summed E-state index contributed by atoms with van der Waals surface area (Å²) in [5.41, 5.74) is 4.08. The maximum absolute atomic E-state index is 13.2. The fourth-order valence-corrected chi connectivity index (χ4v) is 2.51. The highest BCUT2D eigenvalue weighted by atomic mass is 19.1. The van der Waals surface area contributed by atoms with E-state index in [9.17, 15) is 14.0 Å². The second-order valence-corrected chi connectivity index (χ2v) is 5.57. The van der Waals surface area contributed by atoms with E-state index >= 15 is 0 Å². The molecule has 0 spiro atoms. The van der Waals surface area contributed by atoms with E-state index in [1.807, 2.05) is 0 Å². The van der Waals surface area contributed by atoms with Gasteiger partial charge in [-0.25, -0.2) is 9.87 Å². The predicted molar refractivity (Wildman–Crippen MR) is 95.5 cm³/mol. The van der Waals surface area contributed by atoms with Gasteiger partial charge in [0.25, 0.3) is 11.8 Å². The number of carbonyl (C=O) groups is 2. The molecule has 0 saturated carbocycles. The monoisotopic (exact) mass is 350 g/mol. The molecule has 0 bridgehead atoms. The predicted octanol–water partition coefficient (Wildman–Crippen LogP) is 3.86. The first kappa shape index (κ1) is 17.3. The van der Waals surface area contributed by atoms with Gasteiger partial charge in [-0.1, -0.05) is 30.3 Å². The molecule has 0 heterocycles. The van der Waals surface area contributed by atoms with Gasteiger partial charge in [0.15, 0.2) is 0 Å². The third-order valence-electron chi connectivity index (χ3n) is 3.77. The number of benzene rings is 3. The van der Waals surface area contributed by atoms with Crippen molar-refractivity contribution in [1.82, 2.24) is 5.48 Å². The molecule has 5 nitrogen and oxygen atoms in total. The number of amides is 2. The maximum Gasteiger partial charge on any atom is 0.274 e. The van der Waals surface area contributed by atoms with E-state index in [1.54, 1.807) is 60.1 Å². The van der Waals surface area contributed by atoms with E-state index in [0.29, 0.717) is 22.4 Å². The molecule has 2 amide bonds. The number of carbonyl (C=O) groups excluding carboxylic acids is 2. The van der Waals surface area contributed by atoms with Crippen LogP contribution in [0.15, 0.2) is 72.8 Å². The van der Waals surface area contributed by atoms with E-state index in [4.69, 9.17) is 5.21 Å². The van der Waals surface area contributed by atoms with Crippen LogP contribution in [-0.2, 0) is 0 Å². The second-order valence-electron chi connectivity index (χ2n) is 5.57. The molecule has 130 valence electrons. The third-order valence-corrected chi connectivity index (χ3v) is 3.77. The lowest BCUT2D eigenvalue weighted by Gasteiger charge is -2.08. The molecule has 3 aromatic carbocycles. The molecule has 0 radical (unpaired) electrons. The summed E-state index contributed by atoms with van der Waals surface area (Å²) in [4.78, 5) is 23.9. The molecule has 0 unspecified atom stereocenters. The van der Waals surface area contributed by atoms with Crippen LogP contribution < -0.4 is 10.8 Å². The van der Waals surface area contributed by atoms with E-state index in [0.717, 1.165) is 5.56 Å². The van der Waals surface area contributed by atoms with Crippen LogP contribution in [0.3, 0.4) is 0 Å². The zero-order valence-electron chi connectivity index (χ0n) is 13.6. The topological polar surface area (TPSA) is 78.4 Å². The summed E-state index contributed by atoms with van der Waals surface area (Å²) in [5.74, 6) is -1.43. The lowest BCUT2D eigenvalue weighted by molar-refractivity contribution is 0.0706. The molecule has 0 fully saturated rings. The Bertz CT molecular complexity index is 973. The molecule has 26 heavy (non-hydrogen) atoms. The van der Waals surface area contributed by atoms with Gasteiger partial charge in [-0.15, -0.1) is 0 Å². The van der Waals surface area contributed by atoms with Gasteiger partial charge in [-0.2, -0.15) is 0 Å². The number of nitrogens with one attached hydrogen (secondary N) is 2. The SMILES string of the molecule is O=C(NO)c1cccc(-c2cccc(C(=O)Nc3cccc(F)c3)c2)c1. The second kappa shape index (κ2) is 7.58. The molecule has 3 aromatic rings. The van der Waals surface area contributed by atoms with Crippen molar-refractivity contribution in [3.63, 3.8) is 0 Å². The highest BCUT2D eigenvalue weighted by Gasteiger charge is 2.10. The summed E-state index contributed by atoms with van der Waals surface area (Å²) in [6.45, 7) is 0. The fraction of sp³-hybridized carbons (Fsp3) is 0. The minimum absolute atomic E-state index is 0.291. The zero-order valence-corrected chi connectivity index (χ0v) is 13.6. The van der Waals surface area contributed by atoms with Gasteiger partial charge in [0.05, 0.1) is 0 Å². The van der Waals surface area contributed by atoms with Crippen molar-refractivity contribution in [3.8, 4) is 11.1 Å². The van der Waals surface area contributed by atoms with Crippen LogP contribution in [-0.4, -0.2) is 17.0 Å². The first-order valence-electron chi connectivity index (χ1n) is 7.78. The smallest absolute Gasteiger partial charge is 0.274 e. The molecule has 3 N–H and O–H groups in total. The van der Waals surface area contributed by atoms with Gasteiger partial charge < -0.3 is 5.32 Å². The third kappa shape index (κ3) is 3.93. The van der Waals surface area contributed by atoms with Crippen molar-refractivity contribution in [3.05, 3.63) is 89.7 Å². The number of halogens is 1. The first-order chi connectivity index (χ1) is 12.6. The molecular weight excluding hydrogens is 335 g/mol. The molecule has 6 heteroatoms. The van der Waals surface area contributed by atoms with Gasteiger partial charge >= 0.3 is 0 Å². The Hall–Kier alpha value is -3.51. The van der Waals surface area contributed by atoms with Gasteiger partial charge in [0.2, 0.25) is 0 Å². The summed E-state index contributed by atoms with van der Waals surface area (Å²) in [5, 5.41) is 11.4. The Labute approximate surface area is 149 Å². The molecule has 0 saturated heterocycles. The summed E-state index contributed by atoms with van der Waals surface area (Å²) >= 11 is 0. The Kier molecular flexibility index (Phi) is 5.05. The quantitative estimate of drug-likeness (QED) is 0.494. The van der Waals surface area contributed by atoms with Crippen molar-refractivity contribution >= 4 is 17.5 Å². The Morgan fingerprint density at radius 2 is 1.35 bits per heavy atom. The Balaban J connectivity index is 1.86. The maximum atomic E-state index is 13.2. The lowest BCUT2D eigenvalue weighted by atomic mass is 10.0. The van der Waals surface area contributed by atoms with E-state index in [1.165, 1.54) is 18.2 Å². The van der Waals surface area contributed by atoms with Gasteiger partial charge in [0.1, 0.15) is 5.82 Å². The number of hydroxylamine groups is 1. The summed E-state index contributed by atoms with van der Waals surface area (Å²) in [6, 6.07) is 19.1. The van der Waals surface area contributed by atoms with Crippen molar-refractivity contribution in [2.45, 2.75) is 0 Å². The van der Waals surface area contributed by atoms with E-state index in [2.05, 4.69) is 5.32 Å². The summed E-state index contributed by atoms with van der Waals surface area (Å²) in [7, 11) is 0. The minimum atomic E-state index is -0.619. The molecular formula is C20H15FN2O3. The lowest BCUT2D eigenvalue weighted by Crippen LogP contribution is -2.18. The highest BCUT2D eigenvalue weighted by molar-refractivity contribution is 6.05. The van der Waals surface area contributed by atoms with Crippen molar-refractivity contribution in [2.75, 3.05) is 5.32 Å². The van der Waals surface area contributed by atoms with Crippen molar-refractivity contribution in [2.24, 2.45) is 0 Å². The average Bonchev–Trinajstić information content (AvgIpc) is 2.67. The number of hydrogen-bond acceptors (Lipinski definition) is 3. The molecule has 0 aromatic heterocycles. The standard InChI is InChI=1S/C20H15FN2O3/c21-17-8-3-9-18(12-17)22-19(24)15-6-1-4-13(10-15)14-5-2-7-16(11-14)20(25)23-26/h1-12,26H,(H,22,24)(H,23,25). The Morgan fingerprint density at radius 1 is 0.769 bits per heavy atom. The molecule has 0 aliphatic carbocycles. The molecule has 0 atom stereocenters. The van der Waals surface area contributed by atoms with Crippen LogP contribution in [0.5, 0.6) is 0 Å². The van der Waals surface area contributed by atoms with E-state index in [-0.39, 0.29) is 5.91 Å². The number of rotatable bonds is 4. The van der Waals surface area contributed by atoms with Crippen LogP contribution in [0.4, 0.5) is 10.1 Å². The molecule has 3 rings (SSSR count). The zero-order chi connectivity index (χ0) is 18.5. The van der Waals surface area contributed by atoms with Crippen LogP contribution in [0.25, 0.3) is 11.1 Å².